The second-order valence-corrected chi connectivity index (χ2v) is 6.84. The molecule has 0 spiro atoms. The molecule has 0 radical (unpaired) electrons. The molecule has 0 fully saturated rings. The molecule has 2 heterocycles. The van der Waals surface area contributed by atoms with Crippen LogP contribution in [-0.2, 0) is 11.3 Å². The average Bonchev–Trinajstić information content (AvgIpc) is 3.17. The van der Waals surface area contributed by atoms with Crippen molar-refractivity contribution >= 4 is 28.1 Å². The van der Waals surface area contributed by atoms with Gasteiger partial charge in [-0.2, -0.15) is 0 Å². The van der Waals surface area contributed by atoms with Crippen LogP contribution >= 0.6 is 11.3 Å². The van der Waals surface area contributed by atoms with Crippen LogP contribution in [0.15, 0.2) is 39.0 Å². The maximum atomic E-state index is 13.1. The Morgan fingerprint density at radius 1 is 1.35 bits per heavy atom. The number of benzene rings is 1. The van der Waals surface area contributed by atoms with Crippen LogP contribution in [0.2, 0.25) is 0 Å². The SMILES string of the molecule is CC(=O)N(c1ccc(F)cc1)c1nc(Cn2c(C(C)C)noc2=O)cs1. The molecule has 2 aromatic heterocycles. The van der Waals surface area contributed by atoms with Crippen LogP contribution in [0.1, 0.15) is 38.2 Å². The highest BCUT2D eigenvalue weighted by molar-refractivity contribution is 7.14. The van der Waals surface area contributed by atoms with Gasteiger partial charge in [0.25, 0.3) is 0 Å². The van der Waals surface area contributed by atoms with Crippen LogP contribution in [0, 0.1) is 5.82 Å². The molecule has 1 amide bonds. The minimum Gasteiger partial charge on any atom is -0.296 e. The van der Waals surface area contributed by atoms with Gasteiger partial charge in [0.2, 0.25) is 5.91 Å². The van der Waals surface area contributed by atoms with Gasteiger partial charge in [-0.15, -0.1) is 11.3 Å². The number of aromatic nitrogens is 3. The minimum atomic E-state index is -0.551. The topological polar surface area (TPSA) is 81.2 Å². The number of carbonyl (C=O) groups excluding carboxylic acids is 1. The predicted octanol–water partition coefficient (Wildman–Crippen LogP) is 3.29. The zero-order valence-electron chi connectivity index (χ0n) is 14.5. The molecule has 0 N–H and O–H groups in total. The van der Waals surface area contributed by atoms with Crippen molar-refractivity contribution in [2.75, 3.05) is 4.90 Å². The molecule has 9 heteroatoms. The molecule has 0 unspecified atom stereocenters. The standard InChI is InChI=1S/C17H17FN4O3S/c1-10(2)15-20-25-17(24)21(15)8-13-9-26-16(19-13)22(11(3)23)14-6-4-12(18)5-7-14/h4-7,9-10H,8H2,1-3H3. The maximum Gasteiger partial charge on any atom is 0.441 e. The summed E-state index contributed by atoms with van der Waals surface area (Å²) in [7, 11) is 0. The summed E-state index contributed by atoms with van der Waals surface area (Å²) in [5.41, 5.74) is 1.12. The van der Waals surface area contributed by atoms with E-state index in [-0.39, 0.29) is 24.2 Å². The van der Waals surface area contributed by atoms with Gasteiger partial charge in [0.1, 0.15) is 5.82 Å². The largest absolute Gasteiger partial charge is 0.441 e. The van der Waals surface area contributed by atoms with E-state index < -0.39 is 5.76 Å². The fourth-order valence-corrected chi connectivity index (χ4v) is 3.37. The van der Waals surface area contributed by atoms with Crippen molar-refractivity contribution in [2.45, 2.75) is 33.2 Å². The van der Waals surface area contributed by atoms with E-state index in [1.165, 1.54) is 52.0 Å². The summed E-state index contributed by atoms with van der Waals surface area (Å²) in [6, 6.07) is 5.59. The zero-order valence-corrected chi connectivity index (χ0v) is 15.3. The third-order valence-corrected chi connectivity index (χ3v) is 4.56. The van der Waals surface area contributed by atoms with E-state index >= 15 is 0 Å². The first kappa shape index (κ1) is 18.0. The normalized spacial score (nSPS) is 11.1. The van der Waals surface area contributed by atoms with E-state index in [4.69, 9.17) is 4.52 Å². The van der Waals surface area contributed by atoms with Crippen molar-refractivity contribution in [3.63, 3.8) is 0 Å². The van der Waals surface area contributed by atoms with Gasteiger partial charge in [0.05, 0.1) is 17.9 Å². The van der Waals surface area contributed by atoms with Gasteiger partial charge >= 0.3 is 5.76 Å². The van der Waals surface area contributed by atoms with Crippen LogP contribution in [0.25, 0.3) is 0 Å². The number of halogens is 1. The molecule has 0 atom stereocenters. The number of rotatable bonds is 5. The quantitative estimate of drug-likeness (QED) is 0.682. The molecule has 0 saturated carbocycles. The highest BCUT2D eigenvalue weighted by Gasteiger charge is 2.20. The van der Waals surface area contributed by atoms with Crippen molar-refractivity contribution in [3.05, 3.63) is 57.5 Å². The molecule has 0 aliphatic carbocycles. The first-order valence-electron chi connectivity index (χ1n) is 7.94. The predicted molar refractivity (Wildman–Crippen MR) is 95.3 cm³/mol. The number of amides is 1. The third-order valence-electron chi connectivity index (χ3n) is 3.68. The van der Waals surface area contributed by atoms with E-state index in [2.05, 4.69) is 10.1 Å². The Labute approximate surface area is 152 Å². The number of hydrogen-bond acceptors (Lipinski definition) is 6. The molecule has 0 bridgehead atoms. The van der Waals surface area contributed by atoms with Gasteiger partial charge in [-0.25, -0.2) is 14.2 Å². The Balaban J connectivity index is 1.91. The summed E-state index contributed by atoms with van der Waals surface area (Å²) in [5, 5.41) is 5.99. The minimum absolute atomic E-state index is 0.0208. The first-order valence-corrected chi connectivity index (χ1v) is 8.82. The molecule has 3 aromatic rings. The van der Waals surface area contributed by atoms with Crippen LogP contribution in [0.4, 0.5) is 15.2 Å². The molecule has 1 aromatic carbocycles. The molecular formula is C17H17FN4O3S. The Morgan fingerprint density at radius 2 is 2.04 bits per heavy atom. The Morgan fingerprint density at radius 3 is 2.65 bits per heavy atom. The highest BCUT2D eigenvalue weighted by Crippen LogP contribution is 2.29. The van der Waals surface area contributed by atoms with Crippen LogP contribution in [0.5, 0.6) is 0 Å². The van der Waals surface area contributed by atoms with Gasteiger partial charge in [0.15, 0.2) is 11.0 Å². The van der Waals surface area contributed by atoms with E-state index in [1.807, 2.05) is 13.8 Å². The Bertz CT molecular complexity index is 975. The monoisotopic (exact) mass is 376 g/mol. The Kier molecular flexibility index (Phi) is 4.99. The van der Waals surface area contributed by atoms with E-state index in [9.17, 15) is 14.0 Å². The van der Waals surface area contributed by atoms with Gasteiger partial charge in [-0.3, -0.25) is 18.8 Å². The molecule has 0 aliphatic heterocycles. The van der Waals surface area contributed by atoms with Gasteiger partial charge < -0.3 is 0 Å². The smallest absolute Gasteiger partial charge is 0.296 e. The summed E-state index contributed by atoms with van der Waals surface area (Å²) < 4.78 is 19.3. The maximum absolute atomic E-state index is 13.1. The lowest BCUT2D eigenvalue weighted by atomic mass is 10.2. The lowest BCUT2D eigenvalue weighted by molar-refractivity contribution is -0.115. The van der Waals surface area contributed by atoms with E-state index in [0.29, 0.717) is 22.3 Å². The molecule has 0 aliphatic rings. The summed E-state index contributed by atoms with van der Waals surface area (Å²) >= 11 is 1.26. The van der Waals surface area contributed by atoms with Gasteiger partial charge in [0, 0.05) is 18.2 Å². The Hall–Kier alpha value is -2.81. The molecule has 3 rings (SSSR count). The fraction of sp³-hybridized carbons (Fsp3) is 0.294. The summed E-state index contributed by atoms with van der Waals surface area (Å²) in [6.45, 7) is 5.42. The van der Waals surface area contributed by atoms with Crippen molar-refractivity contribution in [3.8, 4) is 0 Å². The summed E-state index contributed by atoms with van der Waals surface area (Å²) in [6.07, 6.45) is 0. The lowest BCUT2D eigenvalue weighted by Crippen LogP contribution is -2.23. The van der Waals surface area contributed by atoms with Crippen LogP contribution in [0.3, 0.4) is 0 Å². The number of hydrogen-bond donors (Lipinski definition) is 0. The third kappa shape index (κ3) is 3.57. The fourth-order valence-electron chi connectivity index (χ4n) is 2.49. The molecular weight excluding hydrogens is 359 g/mol. The second kappa shape index (κ2) is 7.20. The van der Waals surface area contributed by atoms with Crippen LogP contribution in [-0.4, -0.2) is 20.6 Å². The molecule has 136 valence electrons. The summed E-state index contributed by atoms with van der Waals surface area (Å²) in [4.78, 5) is 29.8. The van der Waals surface area contributed by atoms with Gasteiger partial charge in [-0.1, -0.05) is 19.0 Å². The number of carbonyl (C=O) groups is 1. The van der Waals surface area contributed by atoms with Crippen molar-refractivity contribution < 1.29 is 13.7 Å². The summed E-state index contributed by atoms with van der Waals surface area (Å²) in [5.74, 6) is -0.628. The number of thiazole rings is 1. The first-order chi connectivity index (χ1) is 12.4. The zero-order chi connectivity index (χ0) is 18.8. The van der Waals surface area contributed by atoms with E-state index in [0.717, 1.165) is 0 Å². The van der Waals surface area contributed by atoms with Gasteiger partial charge in [-0.05, 0) is 24.3 Å². The number of nitrogens with zero attached hydrogens (tertiary/aromatic N) is 4. The van der Waals surface area contributed by atoms with E-state index in [1.54, 1.807) is 5.38 Å². The highest BCUT2D eigenvalue weighted by atomic mass is 32.1. The molecule has 7 nitrogen and oxygen atoms in total. The lowest BCUT2D eigenvalue weighted by Gasteiger charge is -2.17. The van der Waals surface area contributed by atoms with Crippen molar-refractivity contribution in [1.29, 1.82) is 0 Å². The van der Waals surface area contributed by atoms with Crippen molar-refractivity contribution in [1.82, 2.24) is 14.7 Å². The van der Waals surface area contributed by atoms with Crippen molar-refractivity contribution in [2.24, 2.45) is 0 Å². The molecule has 0 saturated heterocycles. The molecule has 26 heavy (non-hydrogen) atoms. The number of anilines is 2. The van der Waals surface area contributed by atoms with Crippen LogP contribution < -0.4 is 10.7 Å². The average molecular weight is 376 g/mol. The second-order valence-electron chi connectivity index (χ2n) is 6.00.